The van der Waals surface area contributed by atoms with Crippen LogP contribution in [0.3, 0.4) is 0 Å². The molecule has 0 saturated carbocycles. The molecule has 76 valence electrons. The zero-order valence-corrected chi connectivity index (χ0v) is 9.69. The molecule has 0 aromatic rings. The van der Waals surface area contributed by atoms with Gasteiger partial charge in [-0.3, -0.25) is 0 Å². The Balaban J connectivity index is 2.89. The first-order valence-corrected chi connectivity index (χ1v) is 5.94. The van der Waals surface area contributed by atoms with E-state index in [0.29, 0.717) is 5.41 Å². The molecule has 0 heteroatoms. The maximum atomic E-state index is 2.52. The third kappa shape index (κ3) is 1.56. The summed E-state index contributed by atoms with van der Waals surface area (Å²) in [7, 11) is 0. The molecule has 13 heavy (non-hydrogen) atoms. The number of hydrogen-bond acceptors (Lipinski definition) is 0. The van der Waals surface area contributed by atoms with Crippen molar-refractivity contribution in [2.75, 3.05) is 0 Å². The lowest BCUT2D eigenvalue weighted by Crippen LogP contribution is -2.26. The van der Waals surface area contributed by atoms with Crippen molar-refractivity contribution in [1.82, 2.24) is 0 Å². The molecule has 0 radical (unpaired) electrons. The average Bonchev–Trinajstić information content (AvgIpc) is 2.55. The molecular weight excluding hydrogens is 156 g/mol. The van der Waals surface area contributed by atoms with Gasteiger partial charge in [0.1, 0.15) is 0 Å². The third-order valence-electron chi connectivity index (χ3n) is 4.21. The highest BCUT2D eigenvalue weighted by Gasteiger charge is 2.40. The summed E-state index contributed by atoms with van der Waals surface area (Å²) in [6, 6.07) is 0. The number of hydrogen-bond donors (Lipinski definition) is 0. The summed E-state index contributed by atoms with van der Waals surface area (Å²) in [5, 5.41) is 0. The van der Waals surface area contributed by atoms with E-state index in [4.69, 9.17) is 0 Å². The maximum Gasteiger partial charge on any atom is -0.00624 e. The van der Waals surface area contributed by atoms with E-state index in [2.05, 4.69) is 33.8 Å². The number of rotatable bonds is 4. The van der Waals surface area contributed by atoms with Crippen molar-refractivity contribution in [3.05, 3.63) is 11.6 Å². The van der Waals surface area contributed by atoms with Gasteiger partial charge in [0, 0.05) is 0 Å². The Kier molecular flexibility index (Phi) is 3.58. The Morgan fingerprint density at radius 1 is 1.23 bits per heavy atom. The van der Waals surface area contributed by atoms with E-state index in [1.807, 2.05) is 0 Å². The van der Waals surface area contributed by atoms with Gasteiger partial charge in [-0.15, -0.1) is 0 Å². The normalized spacial score (nSPS) is 26.2. The van der Waals surface area contributed by atoms with Gasteiger partial charge in [0.05, 0.1) is 0 Å². The van der Waals surface area contributed by atoms with Gasteiger partial charge < -0.3 is 0 Å². The molecule has 0 aromatic heterocycles. The summed E-state index contributed by atoms with van der Waals surface area (Å²) in [5.41, 5.74) is 2.31. The van der Waals surface area contributed by atoms with Crippen LogP contribution in [-0.4, -0.2) is 0 Å². The molecule has 0 spiro atoms. The van der Waals surface area contributed by atoms with Crippen LogP contribution >= 0.6 is 0 Å². The topological polar surface area (TPSA) is 0 Å². The van der Waals surface area contributed by atoms with Gasteiger partial charge in [0.2, 0.25) is 0 Å². The fourth-order valence-electron chi connectivity index (χ4n) is 3.31. The first-order chi connectivity index (χ1) is 6.25. The maximum absolute atomic E-state index is 2.52. The van der Waals surface area contributed by atoms with Crippen molar-refractivity contribution < 1.29 is 0 Å². The monoisotopic (exact) mass is 180 g/mol. The molecule has 0 nitrogen and oxygen atoms in total. The largest absolute Gasteiger partial charge is 0.0845 e. The third-order valence-corrected chi connectivity index (χ3v) is 4.21. The Morgan fingerprint density at radius 2 is 1.85 bits per heavy atom. The van der Waals surface area contributed by atoms with Gasteiger partial charge in [-0.05, 0) is 37.0 Å². The Bertz CT molecular complexity index is 184. The minimum absolute atomic E-state index is 0.573. The highest BCUT2D eigenvalue weighted by molar-refractivity contribution is 5.22. The SMILES string of the molecule is CCC1=CCC(CC)C1(CC)CC. The predicted octanol–water partition coefficient (Wildman–Crippen LogP) is 4.56. The first-order valence-electron chi connectivity index (χ1n) is 5.94. The van der Waals surface area contributed by atoms with Crippen LogP contribution in [0.25, 0.3) is 0 Å². The van der Waals surface area contributed by atoms with E-state index in [9.17, 15) is 0 Å². The van der Waals surface area contributed by atoms with Gasteiger partial charge in [0.25, 0.3) is 0 Å². The molecule has 1 aliphatic rings. The van der Waals surface area contributed by atoms with Crippen LogP contribution < -0.4 is 0 Å². The van der Waals surface area contributed by atoms with Crippen LogP contribution in [0.15, 0.2) is 11.6 Å². The van der Waals surface area contributed by atoms with Crippen LogP contribution in [0.2, 0.25) is 0 Å². The fraction of sp³-hybridized carbons (Fsp3) is 0.846. The summed E-state index contributed by atoms with van der Waals surface area (Å²) >= 11 is 0. The fourth-order valence-corrected chi connectivity index (χ4v) is 3.31. The zero-order chi connectivity index (χ0) is 9.90. The molecule has 0 aromatic carbocycles. The van der Waals surface area contributed by atoms with Crippen LogP contribution in [-0.2, 0) is 0 Å². The Hall–Kier alpha value is -0.260. The van der Waals surface area contributed by atoms with Crippen molar-refractivity contribution in [2.24, 2.45) is 11.3 Å². The zero-order valence-electron chi connectivity index (χ0n) is 9.69. The minimum atomic E-state index is 0.573. The smallest absolute Gasteiger partial charge is 0.00624 e. The van der Waals surface area contributed by atoms with Crippen molar-refractivity contribution >= 4 is 0 Å². The summed E-state index contributed by atoms with van der Waals surface area (Å²) in [6.45, 7) is 9.38. The molecule has 0 aliphatic heterocycles. The van der Waals surface area contributed by atoms with E-state index in [1.165, 1.54) is 32.1 Å². The van der Waals surface area contributed by atoms with Crippen LogP contribution in [0.5, 0.6) is 0 Å². The van der Waals surface area contributed by atoms with Crippen LogP contribution in [0.1, 0.15) is 59.8 Å². The highest BCUT2D eigenvalue weighted by Crippen LogP contribution is 2.51. The van der Waals surface area contributed by atoms with Gasteiger partial charge in [0.15, 0.2) is 0 Å². The summed E-state index contributed by atoms with van der Waals surface area (Å²) in [4.78, 5) is 0. The van der Waals surface area contributed by atoms with Gasteiger partial charge in [-0.25, -0.2) is 0 Å². The Labute approximate surface area is 83.4 Å². The van der Waals surface area contributed by atoms with Crippen molar-refractivity contribution in [1.29, 1.82) is 0 Å². The van der Waals surface area contributed by atoms with E-state index >= 15 is 0 Å². The van der Waals surface area contributed by atoms with Crippen molar-refractivity contribution in [3.8, 4) is 0 Å². The van der Waals surface area contributed by atoms with E-state index < -0.39 is 0 Å². The lowest BCUT2D eigenvalue weighted by atomic mass is 9.68. The summed E-state index contributed by atoms with van der Waals surface area (Å²) < 4.78 is 0. The molecule has 1 aliphatic carbocycles. The molecule has 0 saturated heterocycles. The lowest BCUT2D eigenvalue weighted by molar-refractivity contribution is 0.204. The second-order valence-electron chi connectivity index (χ2n) is 4.29. The van der Waals surface area contributed by atoms with E-state index in [-0.39, 0.29) is 0 Å². The molecule has 0 fully saturated rings. The minimum Gasteiger partial charge on any atom is -0.0845 e. The Morgan fingerprint density at radius 3 is 2.23 bits per heavy atom. The quantitative estimate of drug-likeness (QED) is 0.556. The summed E-state index contributed by atoms with van der Waals surface area (Å²) in [6.07, 6.45) is 9.13. The molecular formula is C13H24. The average molecular weight is 180 g/mol. The van der Waals surface area contributed by atoms with Crippen LogP contribution in [0.4, 0.5) is 0 Å². The molecule has 0 N–H and O–H groups in total. The van der Waals surface area contributed by atoms with Crippen LogP contribution in [0, 0.1) is 11.3 Å². The van der Waals surface area contributed by atoms with Gasteiger partial charge >= 0.3 is 0 Å². The second kappa shape index (κ2) is 4.30. The van der Waals surface area contributed by atoms with Crippen molar-refractivity contribution in [3.63, 3.8) is 0 Å². The van der Waals surface area contributed by atoms with E-state index in [0.717, 1.165) is 5.92 Å². The van der Waals surface area contributed by atoms with Gasteiger partial charge in [-0.2, -0.15) is 0 Å². The van der Waals surface area contributed by atoms with Gasteiger partial charge in [-0.1, -0.05) is 45.8 Å². The standard InChI is InChI=1S/C13H24/c1-5-11-9-10-12(6-2)13(11,7-3)8-4/h9,12H,5-8,10H2,1-4H3. The number of allylic oxidation sites excluding steroid dienone is 2. The highest BCUT2D eigenvalue weighted by atomic mass is 14.4. The summed E-state index contributed by atoms with van der Waals surface area (Å²) in [5.74, 6) is 0.928. The second-order valence-corrected chi connectivity index (χ2v) is 4.29. The molecule has 1 rings (SSSR count). The molecule has 0 bridgehead atoms. The molecule has 1 unspecified atom stereocenters. The lowest BCUT2D eigenvalue weighted by Gasteiger charge is -2.36. The molecule has 1 atom stereocenters. The van der Waals surface area contributed by atoms with Crippen molar-refractivity contribution in [2.45, 2.75) is 59.8 Å². The molecule has 0 heterocycles. The first kappa shape index (κ1) is 10.8. The van der Waals surface area contributed by atoms with E-state index in [1.54, 1.807) is 5.57 Å². The molecule has 0 amide bonds. The predicted molar refractivity (Wildman–Crippen MR) is 59.8 cm³/mol.